The van der Waals surface area contributed by atoms with Gasteiger partial charge >= 0.3 is 0 Å². The highest BCUT2D eigenvalue weighted by Crippen LogP contribution is 2.34. The standard InChI is InChI=1S/C14H22N2/c1-11-5-3-7-13(11)14(15-2)9-12-6-4-8-16-10-12/h4,6,8,10-11,13-15H,3,5,7,9H2,1-2H3. The minimum atomic E-state index is 0.613. The van der Waals surface area contributed by atoms with Crippen LogP contribution in [0.3, 0.4) is 0 Å². The smallest absolute Gasteiger partial charge is 0.0300 e. The molecule has 0 radical (unpaired) electrons. The van der Waals surface area contributed by atoms with Gasteiger partial charge in [-0.25, -0.2) is 0 Å². The van der Waals surface area contributed by atoms with Crippen LogP contribution in [0.5, 0.6) is 0 Å². The van der Waals surface area contributed by atoms with Crippen molar-refractivity contribution in [3.8, 4) is 0 Å². The van der Waals surface area contributed by atoms with Gasteiger partial charge < -0.3 is 5.32 Å². The van der Waals surface area contributed by atoms with Crippen molar-refractivity contribution in [2.75, 3.05) is 7.05 Å². The Morgan fingerprint density at radius 2 is 2.38 bits per heavy atom. The van der Waals surface area contributed by atoms with Gasteiger partial charge in [0, 0.05) is 18.4 Å². The van der Waals surface area contributed by atoms with Gasteiger partial charge in [-0.15, -0.1) is 0 Å². The maximum atomic E-state index is 4.19. The lowest BCUT2D eigenvalue weighted by Crippen LogP contribution is -2.36. The van der Waals surface area contributed by atoms with Crippen molar-refractivity contribution < 1.29 is 0 Å². The summed E-state index contributed by atoms with van der Waals surface area (Å²) in [5.74, 6) is 1.71. The van der Waals surface area contributed by atoms with Gasteiger partial charge in [0.1, 0.15) is 0 Å². The normalized spacial score (nSPS) is 26.9. The van der Waals surface area contributed by atoms with Crippen LogP contribution in [0.15, 0.2) is 24.5 Å². The number of likely N-dealkylation sites (N-methyl/N-ethyl adjacent to an activating group) is 1. The highest BCUT2D eigenvalue weighted by Gasteiger charge is 2.29. The zero-order chi connectivity index (χ0) is 11.4. The zero-order valence-corrected chi connectivity index (χ0v) is 10.3. The van der Waals surface area contributed by atoms with Crippen LogP contribution in [-0.2, 0) is 6.42 Å². The van der Waals surface area contributed by atoms with Crippen molar-refractivity contribution in [2.24, 2.45) is 11.8 Å². The molecule has 0 aromatic carbocycles. The topological polar surface area (TPSA) is 24.9 Å². The molecule has 0 bridgehead atoms. The minimum Gasteiger partial charge on any atom is -0.316 e. The average molecular weight is 218 g/mol. The van der Waals surface area contributed by atoms with Gasteiger partial charge in [-0.2, -0.15) is 0 Å². The number of hydrogen-bond acceptors (Lipinski definition) is 2. The van der Waals surface area contributed by atoms with Gasteiger partial charge in [-0.05, 0) is 43.4 Å². The van der Waals surface area contributed by atoms with Crippen molar-refractivity contribution in [1.29, 1.82) is 0 Å². The third kappa shape index (κ3) is 2.62. The van der Waals surface area contributed by atoms with E-state index in [-0.39, 0.29) is 0 Å². The SMILES string of the molecule is CNC(Cc1cccnc1)C1CCCC1C. The Labute approximate surface area is 98.5 Å². The molecule has 2 rings (SSSR count). The summed E-state index contributed by atoms with van der Waals surface area (Å²) in [5.41, 5.74) is 1.35. The lowest BCUT2D eigenvalue weighted by atomic mass is 9.87. The molecule has 0 amide bonds. The third-order valence-corrected chi connectivity index (χ3v) is 3.99. The molecule has 1 N–H and O–H groups in total. The second-order valence-electron chi connectivity index (χ2n) is 5.03. The Morgan fingerprint density at radius 1 is 1.50 bits per heavy atom. The summed E-state index contributed by atoms with van der Waals surface area (Å²) >= 11 is 0. The van der Waals surface area contributed by atoms with Gasteiger partial charge in [0.25, 0.3) is 0 Å². The van der Waals surface area contributed by atoms with E-state index >= 15 is 0 Å². The molecular formula is C14H22N2. The van der Waals surface area contributed by atoms with Crippen LogP contribution in [0.2, 0.25) is 0 Å². The van der Waals surface area contributed by atoms with Gasteiger partial charge in [-0.1, -0.05) is 25.8 Å². The van der Waals surface area contributed by atoms with E-state index < -0.39 is 0 Å². The van der Waals surface area contributed by atoms with Crippen molar-refractivity contribution in [3.63, 3.8) is 0 Å². The van der Waals surface area contributed by atoms with Crippen LogP contribution in [0.1, 0.15) is 31.7 Å². The number of nitrogens with one attached hydrogen (secondary N) is 1. The number of pyridine rings is 1. The molecule has 0 spiro atoms. The van der Waals surface area contributed by atoms with Gasteiger partial charge in [0.05, 0.1) is 0 Å². The molecule has 1 aliphatic rings. The van der Waals surface area contributed by atoms with Crippen LogP contribution in [-0.4, -0.2) is 18.1 Å². The monoisotopic (exact) mass is 218 g/mol. The molecule has 2 nitrogen and oxygen atoms in total. The molecule has 1 saturated carbocycles. The van der Waals surface area contributed by atoms with E-state index in [0.717, 1.165) is 18.3 Å². The van der Waals surface area contributed by atoms with Crippen molar-refractivity contribution in [2.45, 2.75) is 38.6 Å². The summed E-state index contributed by atoms with van der Waals surface area (Å²) < 4.78 is 0. The lowest BCUT2D eigenvalue weighted by Gasteiger charge is -2.26. The van der Waals surface area contributed by atoms with Gasteiger partial charge in [0.15, 0.2) is 0 Å². The first kappa shape index (κ1) is 11.6. The predicted octanol–water partition coefficient (Wildman–Crippen LogP) is 2.65. The number of nitrogens with zero attached hydrogens (tertiary/aromatic N) is 1. The quantitative estimate of drug-likeness (QED) is 0.840. The maximum Gasteiger partial charge on any atom is 0.0300 e. The first-order valence-corrected chi connectivity index (χ1v) is 6.37. The summed E-state index contributed by atoms with van der Waals surface area (Å²) in [7, 11) is 2.09. The lowest BCUT2D eigenvalue weighted by molar-refractivity contribution is 0.308. The Kier molecular flexibility index (Phi) is 3.94. The first-order valence-electron chi connectivity index (χ1n) is 6.37. The molecule has 3 atom stereocenters. The average Bonchev–Trinajstić information content (AvgIpc) is 2.74. The molecule has 88 valence electrons. The number of rotatable bonds is 4. The molecule has 16 heavy (non-hydrogen) atoms. The van der Waals surface area contributed by atoms with Crippen LogP contribution in [0.25, 0.3) is 0 Å². The Morgan fingerprint density at radius 3 is 2.94 bits per heavy atom. The van der Waals surface area contributed by atoms with E-state index in [1.807, 2.05) is 18.5 Å². The molecular weight excluding hydrogens is 196 g/mol. The summed E-state index contributed by atoms with van der Waals surface area (Å²) in [6, 6.07) is 4.82. The van der Waals surface area contributed by atoms with Crippen LogP contribution >= 0.6 is 0 Å². The minimum absolute atomic E-state index is 0.613. The zero-order valence-electron chi connectivity index (χ0n) is 10.3. The molecule has 2 heteroatoms. The maximum absolute atomic E-state index is 4.19. The summed E-state index contributed by atoms with van der Waals surface area (Å²) in [4.78, 5) is 4.19. The van der Waals surface area contributed by atoms with E-state index in [2.05, 4.69) is 30.3 Å². The highest BCUT2D eigenvalue weighted by molar-refractivity contribution is 5.11. The molecule has 0 saturated heterocycles. The summed E-state index contributed by atoms with van der Waals surface area (Å²) in [6.45, 7) is 2.39. The van der Waals surface area contributed by atoms with E-state index in [1.165, 1.54) is 24.8 Å². The van der Waals surface area contributed by atoms with Gasteiger partial charge in [0.2, 0.25) is 0 Å². The molecule has 1 aliphatic carbocycles. The molecule has 1 aromatic heterocycles. The van der Waals surface area contributed by atoms with E-state index in [1.54, 1.807) is 0 Å². The molecule has 3 unspecified atom stereocenters. The second kappa shape index (κ2) is 5.44. The second-order valence-corrected chi connectivity index (χ2v) is 5.03. The van der Waals surface area contributed by atoms with E-state index in [0.29, 0.717) is 6.04 Å². The summed E-state index contributed by atoms with van der Waals surface area (Å²) in [6.07, 6.45) is 9.12. The largest absolute Gasteiger partial charge is 0.316 e. The Balaban J connectivity index is 2.00. The molecule has 1 heterocycles. The van der Waals surface area contributed by atoms with Crippen molar-refractivity contribution in [3.05, 3.63) is 30.1 Å². The van der Waals surface area contributed by atoms with Crippen LogP contribution in [0.4, 0.5) is 0 Å². The molecule has 1 fully saturated rings. The summed E-state index contributed by atoms with van der Waals surface area (Å²) in [5, 5.41) is 3.50. The van der Waals surface area contributed by atoms with E-state index in [9.17, 15) is 0 Å². The van der Waals surface area contributed by atoms with Crippen molar-refractivity contribution in [1.82, 2.24) is 10.3 Å². The molecule has 0 aliphatic heterocycles. The first-order chi connectivity index (χ1) is 7.81. The highest BCUT2D eigenvalue weighted by atomic mass is 14.9. The van der Waals surface area contributed by atoms with Gasteiger partial charge in [-0.3, -0.25) is 4.98 Å². The van der Waals surface area contributed by atoms with Crippen LogP contribution < -0.4 is 5.32 Å². The Hall–Kier alpha value is -0.890. The number of aromatic nitrogens is 1. The fourth-order valence-corrected chi connectivity index (χ4v) is 3.01. The Bertz CT molecular complexity index is 310. The van der Waals surface area contributed by atoms with Crippen LogP contribution in [0, 0.1) is 11.8 Å². The predicted molar refractivity (Wildman–Crippen MR) is 67.3 cm³/mol. The van der Waals surface area contributed by atoms with E-state index in [4.69, 9.17) is 0 Å². The third-order valence-electron chi connectivity index (χ3n) is 3.99. The van der Waals surface area contributed by atoms with Crippen molar-refractivity contribution >= 4 is 0 Å². The fraction of sp³-hybridized carbons (Fsp3) is 0.643. The number of hydrogen-bond donors (Lipinski definition) is 1. The molecule has 1 aromatic rings. The fourth-order valence-electron chi connectivity index (χ4n) is 3.01.